The number of nitrogen functional groups attached to an aromatic ring is 1. The fourth-order valence-corrected chi connectivity index (χ4v) is 2.70. The molecule has 0 fully saturated rings. The molecule has 26 heavy (non-hydrogen) atoms. The van der Waals surface area contributed by atoms with Gasteiger partial charge in [-0.2, -0.15) is 9.61 Å². The van der Waals surface area contributed by atoms with Crippen LogP contribution in [0.25, 0.3) is 16.8 Å². The average molecular weight is 357 g/mol. The fraction of sp³-hybridized carbons (Fsp3) is 0.294. The Morgan fingerprint density at radius 1 is 1.19 bits per heavy atom. The Balaban J connectivity index is 2.18. The van der Waals surface area contributed by atoms with Crippen molar-refractivity contribution in [3.05, 3.63) is 29.6 Å². The molecule has 0 saturated carbocycles. The van der Waals surface area contributed by atoms with Gasteiger partial charge in [-0.1, -0.05) is 6.07 Å². The minimum atomic E-state index is -0.639. The van der Waals surface area contributed by atoms with Gasteiger partial charge in [0.1, 0.15) is 0 Å². The van der Waals surface area contributed by atoms with Gasteiger partial charge in [0.25, 0.3) is 0 Å². The number of aryl methyl sites for hydroxylation is 1. The molecule has 2 N–H and O–H groups in total. The van der Waals surface area contributed by atoms with E-state index < -0.39 is 5.97 Å². The number of aromatic nitrogens is 4. The third-order valence-corrected chi connectivity index (χ3v) is 3.89. The Morgan fingerprint density at radius 2 is 1.92 bits per heavy atom. The van der Waals surface area contributed by atoms with Crippen molar-refractivity contribution in [3.8, 4) is 22.6 Å². The highest BCUT2D eigenvalue weighted by Crippen LogP contribution is 2.35. The first-order chi connectivity index (χ1) is 12.5. The van der Waals surface area contributed by atoms with E-state index in [4.69, 9.17) is 19.9 Å². The smallest absolute Gasteiger partial charge is 0.362 e. The Labute approximate surface area is 149 Å². The molecular formula is C17H19N5O4. The van der Waals surface area contributed by atoms with Gasteiger partial charge in [-0.25, -0.2) is 4.79 Å². The molecule has 3 rings (SSSR count). The van der Waals surface area contributed by atoms with Crippen LogP contribution >= 0.6 is 0 Å². The monoisotopic (exact) mass is 357 g/mol. The van der Waals surface area contributed by atoms with E-state index in [0.29, 0.717) is 22.8 Å². The molecule has 0 radical (unpaired) electrons. The van der Waals surface area contributed by atoms with Crippen molar-refractivity contribution in [3.63, 3.8) is 0 Å². The van der Waals surface area contributed by atoms with Crippen LogP contribution in [-0.4, -0.2) is 46.6 Å². The number of anilines is 1. The maximum atomic E-state index is 11.9. The highest BCUT2D eigenvalue weighted by molar-refractivity contribution is 5.93. The van der Waals surface area contributed by atoms with Crippen molar-refractivity contribution < 1.29 is 19.0 Å². The summed E-state index contributed by atoms with van der Waals surface area (Å²) in [6.07, 6.45) is 0. The minimum absolute atomic E-state index is 0.0688. The molecule has 0 unspecified atom stereocenters. The number of rotatable bonds is 5. The summed E-state index contributed by atoms with van der Waals surface area (Å²) in [4.78, 5) is 11.9. The molecule has 1 aromatic carbocycles. The van der Waals surface area contributed by atoms with Crippen LogP contribution in [-0.2, 0) is 4.74 Å². The van der Waals surface area contributed by atoms with E-state index in [0.717, 1.165) is 11.1 Å². The zero-order valence-corrected chi connectivity index (χ0v) is 14.9. The van der Waals surface area contributed by atoms with Gasteiger partial charge in [0.2, 0.25) is 5.69 Å². The molecule has 2 aromatic heterocycles. The van der Waals surface area contributed by atoms with E-state index in [-0.39, 0.29) is 18.1 Å². The molecule has 2 heterocycles. The van der Waals surface area contributed by atoms with Crippen LogP contribution in [0.1, 0.15) is 23.1 Å². The Hall–Kier alpha value is -3.36. The van der Waals surface area contributed by atoms with Gasteiger partial charge in [-0.05, 0) is 31.5 Å². The second kappa shape index (κ2) is 6.87. The summed E-state index contributed by atoms with van der Waals surface area (Å²) in [5.74, 6) is 0.622. The van der Waals surface area contributed by atoms with Gasteiger partial charge in [-0.15, -0.1) is 10.2 Å². The lowest BCUT2D eigenvalue weighted by molar-refractivity contribution is 0.0519. The van der Waals surface area contributed by atoms with Crippen LogP contribution in [0, 0.1) is 6.92 Å². The van der Waals surface area contributed by atoms with Crippen molar-refractivity contribution in [2.45, 2.75) is 13.8 Å². The van der Waals surface area contributed by atoms with Crippen molar-refractivity contribution in [2.75, 3.05) is 26.6 Å². The predicted octanol–water partition coefficient (Wildman–Crippen LogP) is 1.88. The van der Waals surface area contributed by atoms with Crippen molar-refractivity contribution in [1.82, 2.24) is 19.8 Å². The molecule has 0 aliphatic rings. The number of hydrogen-bond donors (Lipinski definition) is 1. The third-order valence-electron chi connectivity index (χ3n) is 3.89. The molecule has 0 aliphatic carbocycles. The molecule has 0 saturated heterocycles. The largest absolute Gasteiger partial charge is 0.493 e. The second-order valence-corrected chi connectivity index (χ2v) is 5.42. The Kier molecular flexibility index (Phi) is 4.61. The molecular weight excluding hydrogens is 338 g/mol. The molecule has 0 aliphatic heterocycles. The van der Waals surface area contributed by atoms with Crippen molar-refractivity contribution in [1.29, 1.82) is 0 Å². The van der Waals surface area contributed by atoms with Gasteiger partial charge in [-0.3, -0.25) is 0 Å². The summed E-state index contributed by atoms with van der Waals surface area (Å²) < 4.78 is 17.0. The summed E-state index contributed by atoms with van der Waals surface area (Å²) in [5.41, 5.74) is 8.66. The molecule has 0 spiro atoms. The first-order valence-electron chi connectivity index (χ1n) is 7.92. The average Bonchev–Trinajstić information content (AvgIpc) is 2.98. The van der Waals surface area contributed by atoms with Gasteiger partial charge < -0.3 is 19.9 Å². The highest BCUT2D eigenvalue weighted by Gasteiger charge is 2.22. The second-order valence-electron chi connectivity index (χ2n) is 5.42. The Morgan fingerprint density at radius 3 is 2.58 bits per heavy atom. The highest BCUT2D eigenvalue weighted by atomic mass is 16.5. The number of nitrogens with zero attached hydrogens (tertiary/aromatic N) is 4. The van der Waals surface area contributed by atoms with E-state index in [1.807, 2.05) is 19.1 Å². The number of nitrogens with two attached hydrogens (primary N) is 1. The number of carbonyl (C=O) groups is 1. The third kappa shape index (κ3) is 2.77. The lowest BCUT2D eigenvalue weighted by atomic mass is 10.1. The molecule has 9 heteroatoms. The molecule has 9 nitrogen and oxygen atoms in total. The maximum absolute atomic E-state index is 11.9. The number of benzene rings is 1. The summed E-state index contributed by atoms with van der Waals surface area (Å²) in [7, 11) is 3.13. The van der Waals surface area contributed by atoms with Crippen LogP contribution in [0.2, 0.25) is 0 Å². The van der Waals surface area contributed by atoms with Crippen molar-refractivity contribution in [2.24, 2.45) is 0 Å². The molecule has 0 atom stereocenters. The first kappa shape index (κ1) is 17.5. The number of carbonyl (C=O) groups excluding carboxylic acids is 1. The van der Waals surface area contributed by atoms with E-state index >= 15 is 0 Å². The number of fused-ring (bicyclic) bond motifs is 1. The fourth-order valence-electron chi connectivity index (χ4n) is 2.70. The normalized spacial score (nSPS) is 10.8. The van der Waals surface area contributed by atoms with Crippen LogP contribution in [0.4, 0.5) is 5.82 Å². The standard InChI is InChI=1S/C17H19N5O4/c1-5-26-17(23)14-15(18)22-16(20-19-14)13(9(2)21-22)10-6-7-11(24-3)12(8-10)25-4/h6-8H,5,18H2,1-4H3. The van der Waals surface area contributed by atoms with Crippen LogP contribution in [0.5, 0.6) is 11.5 Å². The Bertz CT molecular complexity index is 983. The van der Waals surface area contributed by atoms with E-state index in [9.17, 15) is 4.79 Å². The molecule has 0 amide bonds. The van der Waals surface area contributed by atoms with Crippen LogP contribution in [0.3, 0.4) is 0 Å². The molecule has 136 valence electrons. The molecule has 0 bridgehead atoms. The van der Waals surface area contributed by atoms with Crippen LogP contribution in [0.15, 0.2) is 18.2 Å². The first-order valence-corrected chi connectivity index (χ1v) is 7.92. The van der Waals surface area contributed by atoms with E-state index in [1.54, 1.807) is 27.2 Å². The summed E-state index contributed by atoms with van der Waals surface area (Å²) in [6.45, 7) is 3.74. The van der Waals surface area contributed by atoms with Gasteiger partial charge in [0.05, 0.1) is 32.1 Å². The lowest BCUT2D eigenvalue weighted by Gasteiger charge is -2.09. The molecule has 3 aromatic rings. The van der Waals surface area contributed by atoms with E-state index in [2.05, 4.69) is 15.3 Å². The van der Waals surface area contributed by atoms with Gasteiger partial charge in [0, 0.05) is 0 Å². The topological polar surface area (TPSA) is 114 Å². The van der Waals surface area contributed by atoms with Crippen LogP contribution < -0.4 is 15.2 Å². The zero-order valence-electron chi connectivity index (χ0n) is 14.9. The predicted molar refractivity (Wildman–Crippen MR) is 94.4 cm³/mol. The van der Waals surface area contributed by atoms with E-state index in [1.165, 1.54) is 4.52 Å². The lowest BCUT2D eigenvalue weighted by Crippen LogP contribution is -2.15. The SMILES string of the molecule is CCOC(=O)c1nnc2c(-c3ccc(OC)c(OC)c3)c(C)nn2c1N. The number of esters is 1. The zero-order chi connectivity index (χ0) is 18.8. The summed E-state index contributed by atoms with van der Waals surface area (Å²) in [6, 6.07) is 5.48. The van der Waals surface area contributed by atoms with Gasteiger partial charge >= 0.3 is 5.97 Å². The number of methoxy groups -OCH3 is 2. The maximum Gasteiger partial charge on any atom is 0.362 e. The quantitative estimate of drug-likeness (QED) is 0.689. The minimum Gasteiger partial charge on any atom is -0.493 e. The van der Waals surface area contributed by atoms with Gasteiger partial charge in [0.15, 0.2) is 23.0 Å². The number of ether oxygens (including phenoxy) is 3. The summed E-state index contributed by atoms with van der Waals surface area (Å²) in [5, 5.41) is 12.5. The summed E-state index contributed by atoms with van der Waals surface area (Å²) >= 11 is 0. The number of hydrogen-bond acceptors (Lipinski definition) is 8. The van der Waals surface area contributed by atoms with Crippen molar-refractivity contribution >= 4 is 17.4 Å².